The fourth-order valence-corrected chi connectivity index (χ4v) is 2.69. The smallest absolute Gasteiger partial charge is 0.259 e. The molecule has 28 heavy (non-hydrogen) atoms. The molecule has 0 saturated carbocycles. The van der Waals surface area contributed by atoms with Gasteiger partial charge in [-0.1, -0.05) is 24.3 Å². The Kier molecular flexibility index (Phi) is 5.74. The molecular weight excluding hydrogens is 364 g/mol. The van der Waals surface area contributed by atoms with E-state index in [1.807, 2.05) is 25.1 Å². The maximum atomic E-state index is 13.7. The van der Waals surface area contributed by atoms with Gasteiger partial charge in [0.05, 0.1) is 11.1 Å². The van der Waals surface area contributed by atoms with Crippen molar-refractivity contribution in [2.45, 2.75) is 6.92 Å². The molecule has 0 aliphatic carbocycles. The number of carbonyl (C=O) groups is 2. The molecule has 0 saturated heterocycles. The Bertz CT molecular complexity index is 989. The van der Waals surface area contributed by atoms with Crippen LogP contribution in [0, 0.1) is 11.6 Å². The average Bonchev–Trinajstić information content (AvgIpc) is 2.72. The summed E-state index contributed by atoms with van der Waals surface area (Å²) in [6, 6.07) is 13.7. The van der Waals surface area contributed by atoms with Crippen LogP contribution in [0.15, 0.2) is 67.0 Å². The number of anilines is 2. The molecule has 1 heterocycles. The maximum Gasteiger partial charge on any atom is 0.259 e. The molecule has 1 aromatic heterocycles. The number of halogens is 2. The van der Waals surface area contributed by atoms with Gasteiger partial charge in [0, 0.05) is 24.6 Å². The molecule has 0 atom stereocenters. The highest BCUT2D eigenvalue weighted by Crippen LogP contribution is 2.20. The van der Waals surface area contributed by atoms with Crippen LogP contribution < -0.4 is 10.2 Å². The Morgan fingerprint density at radius 2 is 1.61 bits per heavy atom. The summed E-state index contributed by atoms with van der Waals surface area (Å²) in [5.74, 6) is -2.90. The molecule has 0 aliphatic heterocycles. The predicted molar refractivity (Wildman–Crippen MR) is 102 cm³/mol. The minimum absolute atomic E-state index is 0.0117. The SMILES string of the molecule is CCN(C(=O)c1cncc(C(=O)Nc2c(F)cccc2F)c1)c1ccccc1. The lowest BCUT2D eigenvalue weighted by atomic mass is 10.1. The second kappa shape index (κ2) is 8.39. The van der Waals surface area contributed by atoms with Gasteiger partial charge in [-0.05, 0) is 37.3 Å². The lowest BCUT2D eigenvalue weighted by Gasteiger charge is -2.21. The third-order valence-corrected chi connectivity index (χ3v) is 4.08. The number of aromatic nitrogens is 1. The molecule has 0 bridgehead atoms. The van der Waals surface area contributed by atoms with Gasteiger partial charge < -0.3 is 10.2 Å². The van der Waals surface area contributed by atoms with E-state index >= 15 is 0 Å². The first-order valence-corrected chi connectivity index (χ1v) is 8.58. The number of nitrogens with one attached hydrogen (secondary N) is 1. The molecule has 2 amide bonds. The van der Waals surface area contributed by atoms with Gasteiger partial charge in [0.25, 0.3) is 11.8 Å². The summed E-state index contributed by atoms with van der Waals surface area (Å²) in [4.78, 5) is 30.7. The molecular formula is C21H17F2N3O2. The molecule has 0 unspecified atom stereocenters. The highest BCUT2D eigenvalue weighted by atomic mass is 19.1. The number of hydrogen-bond donors (Lipinski definition) is 1. The molecule has 7 heteroatoms. The van der Waals surface area contributed by atoms with Crippen LogP contribution in [-0.2, 0) is 0 Å². The molecule has 1 N–H and O–H groups in total. The molecule has 0 radical (unpaired) electrons. The second-order valence-corrected chi connectivity index (χ2v) is 5.90. The molecule has 0 fully saturated rings. The zero-order chi connectivity index (χ0) is 20.1. The van der Waals surface area contributed by atoms with Crippen LogP contribution in [0.25, 0.3) is 0 Å². The van der Waals surface area contributed by atoms with Gasteiger partial charge in [0.2, 0.25) is 0 Å². The summed E-state index contributed by atoms with van der Waals surface area (Å²) >= 11 is 0. The van der Waals surface area contributed by atoms with Crippen molar-refractivity contribution in [2.24, 2.45) is 0 Å². The fourth-order valence-electron chi connectivity index (χ4n) is 2.69. The van der Waals surface area contributed by atoms with Crippen LogP contribution in [-0.4, -0.2) is 23.3 Å². The Morgan fingerprint density at radius 1 is 0.964 bits per heavy atom. The van der Waals surface area contributed by atoms with E-state index in [4.69, 9.17) is 0 Å². The molecule has 2 aromatic carbocycles. The van der Waals surface area contributed by atoms with Crippen molar-refractivity contribution < 1.29 is 18.4 Å². The van der Waals surface area contributed by atoms with Gasteiger partial charge >= 0.3 is 0 Å². The number of amides is 2. The average molecular weight is 381 g/mol. The number of para-hydroxylation sites is 2. The topological polar surface area (TPSA) is 62.3 Å². The number of benzene rings is 2. The zero-order valence-electron chi connectivity index (χ0n) is 15.0. The van der Waals surface area contributed by atoms with Crippen molar-refractivity contribution in [3.63, 3.8) is 0 Å². The number of hydrogen-bond acceptors (Lipinski definition) is 3. The van der Waals surface area contributed by atoms with Crippen LogP contribution in [0.4, 0.5) is 20.2 Å². The number of nitrogens with zero attached hydrogens (tertiary/aromatic N) is 2. The van der Waals surface area contributed by atoms with Crippen molar-refractivity contribution in [3.05, 3.63) is 89.8 Å². The lowest BCUT2D eigenvalue weighted by molar-refractivity contribution is 0.0988. The highest BCUT2D eigenvalue weighted by Gasteiger charge is 2.19. The van der Waals surface area contributed by atoms with Crippen molar-refractivity contribution in [1.82, 2.24) is 4.98 Å². The Morgan fingerprint density at radius 3 is 2.25 bits per heavy atom. The Balaban J connectivity index is 1.85. The first-order valence-electron chi connectivity index (χ1n) is 8.58. The zero-order valence-corrected chi connectivity index (χ0v) is 15.0. The van der Waals surface area contributed by atoms with Gasteiger partial charge in [0.1, 0.15) is 17.3 Å². The van der Waals surface area contributed by atoms with Crippen LogP contribution in [0.5, 0.6) is 0 Å². The molecule has 5 nitrogen and oxygen atoms in total. The minimum Gasteiger partial charge on any atom is -0.317 e. The fraction of sp³-hybridized carbons (Fsp3) is 0.0952. The van der Waals surface area contributed by atoms with E-state index < -0.39 is 23.2 Å². The lowest BCUT2D eigenvalue weighted by Crippen LogP contribution is -2.31. The highest BCUT2D eigenvalue weighted by molar-refractivity contribution is 6.09. The molecule has 0 aliphatic rings. The van der Waals surface area contributed by atoms with Gasteiger partial charge in [0.15, 0.2) is 0 Å². The summed E-state index contributed by atoms with van der Waals surface area (Å²) in [5.41, 5.74) is 0.354. The summed E-state index contributed by atoms with van der Waals surface area (Å²) < 4.78 is 27.5. The third-order valence-electron chi connectivity index (χ3n) is 4.08. The predicted octanol–water partition coefficient (Wildman–Crippen LogP) is 4.28. The largest absolute Gasteiger partial charge is 0.317 e. The quantitative estimate of drug-likeness (QED) is 0.718. The van der Waals surface area contributed by atoms with E-state index in [2.05, 4.69) is 10.3 Å². The Hall–Kier alpha value is -3.61. The van der Waals surface area contributed by atoms with Gasteiger partial charge in [-0.2, -0.15) is 0 Å². The summed E-state index contributed by atoms with van der Waals surface area (Å²) in [5, 5.41) is 2.18. The first-order chi connectivity index (χ1) is 13.5. The number of carbonyl (C=O) groups excluding carboxylic acids is 2. The molecule has 3 aromatic rings. The Labute approximate surface area is 160 Å². The van der Waals surface area contributed by atoms with E-state index in [1.54, 1.807) is 12.1 Å². The van der Waals surface area contributed by atoms with Crippen molar-refractivity contribution in [1.29, 1.82) is 0 Å². The van der Waals surface area contributed by atoms with Crippen molar-refractivity contribution in [2.75, 3.05) is 16.8 Å². The van der Waals surface area contributed by atoms with E-state index in [9.17, 15) is 18.4 Å². The minimum atomic E-state index is -0.894. The molecule has 142 valence electrons. The number of pyridine rings is 1. The van der Waals surface area contributed by atoms with Gasteiger partial charge in [-0.25, -0.2) is 8.78 Å². The van der Waals surface area contributed by atoms with E-state index in [0.717, 1.165) is 12.1 Å². The monoisotopic (exact) mass is 381 g/mol. The van der Waals surface area contributed by atoms with Crippen LogP contribution in [0.1, 0.15) is 27.6 Å². The normalized spacial score (nSPS) is 10.4. The second-order valence-electron chi connectivity index (χ2n) is 5.90. The van der Waals surface area contributed by atoms with Crippen LogP contribution in [0.3, 0.4) is 0 Å². The van der Waals surface area contributed by atoms with Crippen molar-refractivity contribution in [3.8, 4) is 0 Å². The van der Waals surface area contributed by atoms with E-state index in [-0.39, 0.29) is 17.0 Å². The molecule has 3 rings (SSSR count). The first kappa shape index (κ1) is 19.2. The summed E-state index contributed by atoms with van der Waals surface area (Å²) in [6.45, 7) is 2.25. The van der Waals surface area contributed by atoms with Crippen LogP contribution >= 0.6 is 0 Å². The van der Waals surface area contributed by atoms with Gasteiger partial charge in [-0.15, -0.1) is 0 Å². The maximum absolute atomic E-state index is 13.7. The van der Waals surface area contributed by atoms with Crippen molar-refractivity contribution >= 4 is 23.2 Å². The van der Waals surface area contributed by atoms with E-state index in [0.29, 0.717) is 12.2 Å². The standard InChI is InChI=1S/C21H17F2N3O2/c1-2-26(16-7-4-3-5-8-16)21(28)15-11-14(12-24-13-15)20(27)25-19-17(22)9-6-10-18(19)23/h3-13H,2H2,1H3,(H,25,27). The van der Waals surface area contributed by atoms with E-state index in [1.165, 1.54) is 29.4 Å². The molecule has 0 spiro atoms. The number of rotatable bonds is 5. The summed E-state index contributed by atoms with van der Waals surface area (Å²) in [6.07, 6.45) is 2.57. The third kappa shape index (κ3) is 4.03. The van der Waals surface area contributed by atoms with Crippen LogP contribution in [0.2, 0.25) is 0 Å². The summed E-state index contributed by atoms with van der Waals surface area (Å²) in [7, 11) is 0. The van der Waals surface area contributed by atoms with Gasteiger partial charge in [-0.3, -0.25) is 14.6 Å².